The highest BCUT2D eigenvalue weighted by Gasteiger charge is 2.37. The minimum absolute atomic E-state index is 0.0495. The third kappa shape index (κ3) is 6.04. The Morgan fingerprint density at radius 1 is 1.35 bits per heavy atom. The summed E-state index contributed by atoms with van der Waals surface area (Å²) in [5.74, 6) is -0.375. The van der Waals surface area contributed by atoms with E-state index in [2.05, 4.69) is 14.8 Å². The second-order valence-electron chi connectivity index (χ2n) is 7.16. The van der Waals surface area contributed by atoms with Gasteiger partial charge in [-0.15, -0.1) is 0 Å². The van der Waals surface area contributed by atoms with Crippen LogP contribution >= 0.6 is 7.75 Å². The zero-order valence-electron chi connectivity index (χ0n) is 17.4. The van der Waals surface area contributed by atoms with Crippen LogP contribution in [-0.4, -0.2) is 35.3 Å². The molecule has 1 aliphatic carbocycles. The first-order valence-electron chi connectivity index (χ1n) is 9.58. The van der Waals surface area contributed by atoms with Crippen molar-refractivity contribution in [3.05, 3.63) is 68.5 Å². The van der Waals surface area contributed by atoms with Crippen molar-refractivity contribution in [2.75, 3.05) is 13.7 Å². The van der Waals surface area contributed by atoms with Gasteiger partial charge in [0.15, 0.2) is 0 Å². The maximum Gasteiger partial charge on any atom is 0.459 e. The van der Waals surface area contributed by atoms with Crippen LogP contribution in [0.1, 0.15) is 18.9 Å². The van der Waals surface area contributed by atoms with Crippen LogP contribution < -0.4 is 20.9 Å². The molecular formula is C20H24N3O7P. The number of methoxy groups -OCH3 is 1. The van der Waals surface area contributed by atoms with Gasteiger partial charge in [0.2, 0.25) is 0 Å². The molecule has 0 bridgehead atoms. The molecule has 1 fully saturated rings. The maximum absolute atomic E-state index is 13.3. The fourth-order valence-electron chi connectivity index (χ4n) is 2.78. The normalized spacial score (nSPS) is 19.5. The van der Waals surface area contributed by atoms with Gasteiger partial charge in [0.1, 0.15) is 11.8 Å². The van der Waals surface area contributed by atoms with Gasteiger partial charge in [-0.05, 0) is 38.0 Å². The molecule has 3 atom stereocenters. The molecule has 166 valence electrons. The van der Waals surface area contributed by atoms with E-state index in [9.17, 15) is 18.9 Å². The highest BCUT2D eigenvalue weighted by atomic mass is 31.2. The number of rotatable bonds is 9. The van der Waals surface area contributed by atoms with Gasteiger partial charge in [0.25, 0.3) is 5.56 Å². The van der Waals surface area contributed by atoms with E-state index in [1.54, 1.807) is 43.5 Å². The van der Waals surface area contributed by atoms with E-state index >= 15 is 0 Å². The molecule has 11 heteroatoms. The summed E-state index contributed by atoms with van der Waals surface area (Å²) in [6.45, 7) is 3.14. The standard InChI is InChI=1S/C20H24N3O7P/c1-13-10-23(20(26)21-18(13)24)11-15-9-16(15)12-29-31(27,22-14(2)19(25)28-3)30-17-7-5-4-6-8-17/h4-8,10-11,14,16H,9,12H2,1-3H3,(H,22,27)(H,21,24,26)/b15-11+/t14?,16-,31?/m0/s1. The van der Waals surface area contributed by atoms with Gasteiger partial charge >= 0.3 is 19.4 Å². The number of aromatic amines is 1. The van der Waals surface area contributed by atoms with E-state index in [0.29, 0.717) is 17.7 Å². The summed E-state index contributed by atoms with van der Waals surface area (Å²) in [5, 5.41) is 2.59. The highest BCUT2D eigenvalue weighted by molar-refractivity contribution is 7.52. The van der Waals surface area contributed by atoms with Crippen molar-refractivity contribution < 1.29 is 23.1 Å². The Morgan fingerprint density at radius 2 is 2.06 bits per heavy atom. The molecule has 2 aromatic rings. The first-order chi connectivity index (χ1) is 14.7. The number of nitrogens with one attached hydrogen (secondary N) is 2. The Kier molecular flexibility index (Phi) is 6.94. The van der Waals surface area contributed by atoms with Crippen molar-refractivity contribution in [3.63, 3.8) is 0 Å². The van der Waals surface area contributed by atoms with Crippen molar-refractivity contribution in [1.29, 1.82) is 0 Å². The van der Waals surface area contributed by atoms with E-state index in [1.807, 2.05) is 0 Å². The van der Waals surface area contributed by atoms with E-state index in [-0.39, 0.29) is 12.5 Å². The number of carbonyl (C=O) groups is 1. The number of hydrogen-bond donors (Lipinski definition) is 2. The summed E-state index contributed by atoms with van der Waals surface area (Å²) < 4.78 is 30.4. The van der Waals surface area contributed by atoms with Crippen molar-refractivity contribution >= 4 is 19.9 Å². The summed E-state index contributed by atoms with van der Waals surface area (Å²) >= 11 is 0. The Labute approximate surface area is 178 Å². The van der Waals surface area contributed by atoms with Crippen LogP contribution in [0.5, 0.6) is 5.75 Å². The quantitative estimate of drug-likeness (QED) is 0.440. The molecule has 0 radical (unpaired) electrons. The second-order valence-corrected chi connectivity index (χ2v) is 8.85. The summed E-state index contributed by atoms with van der Waals surface area (Å²) in [4.78, 5) is 37.4. The molecule has 2 N–H and O–H groups in total. The predicted molar refractivity (Wildman–Crippen MR) is 114 cm³/mol. The van der Waals surface area contributed by atoms with Gasteiger partial charge < -0.3 is 9.26 Å². The lowest BCUT2D eigenvalue weighted by Crippen LogP contribution is -2.34. The molecular weight excluding hydrogens is 425 g/mol. The van der Waals surface area contributed by atoms with Gasteiger partial charge in [-0.3, -0.25) is 23.7 Å². The van der Waals surface area contributed by atoms with Crippen molar-refractivity contribution in [2.45, 2.75) is 26.3 Å². The first kappa shape index (κ1) is 22.7. The second kappa shape index (κ2) is 9.47. The zero-order chi connectivity index (χ0) is 22.6. The monoisotopic (exact) mass is 449 g/mol. The number of carbonyl (C=O) groups excluding carboxylic acids is 1. The fourth-order valence-corrected chi connectivity index (χ4v) is 4.31. The number of H-pyrrole nitrogens is 1. The molecule has 0 saturated heterocycles. The molecule has 1 aromatic carbocycles. The molecule has 10 nitrogen and oxygen atoms in total. The molecule has 2 unspecified atom stereocenters. The number of ether oxygens (including phenoxy) is 1. The van der Waals surface area contributed by atoms with E-state index in [4.69, 9.17) is 9.05 Å². The molecule has 0 aliphatic heterocycles. The van der Waals surface area contributed by atoms with E-state index in [1.165, 1.54) is 24.8 Å². The summed E-state index contributed by atoms with van der Waals surface area (Å²) in [7, 11) is -2.68. The van der Waals surface area contributed by atoms with Crippen LogP contribution in [0.15, 0.2) is 51.7 Å². The van der Waals surface area contributed by atoms with Gasteiger partial charge in [0, 0.05) is 23.9 Å². The van der Waals surface area contributed by atoms with E-state index in [0.717, 1.165) is 5.57 Å². The van der Waals surface area contributed by atoms with Gasteiger partial charge in [-0.2, -0.15) is 5.09 Å². The third-order valence-corrected chi connectivity index (χ3v) is 6.26. The van der Waals surface area contributed by atoms with Crippen LogP contribution in [0.2, 0.25) is 0 Å². The molecule has 1 aliphatic rings. The Bertz CT molecular complexity index is 1140. The molecule has 1 aromatic heterocycles. The molecule has 3 rings (SSSR count). The smallest absolute Gasteiger partial charge is 0.459 e. The average molecular weight is 449 g/mol. The largest absolute Gasteiger partial charge is 0.468 e. The molecule has 0 amide bonds. The molecule has 1 saturated carbocycles. The maximum atomic E-state index is 13.3. The number of benzene rings is 1. The lowest BCUT2D eigenvalue weighted by Gasteiger charge is -2.22. The highest BCUT2D eigenvalue weighted by Crippen LogP contribution is 2.48. The number of aromatic nitrogens is 2. The zero-order valence-corrected chi connectivity index (χ0v) is 18.3. The SMILES string of the molecule is COC(=O)C(C)NP(=O)(OC[C@@H]1C/C1=C\n1cc(C)c(=O)[nH]c1=O)Oc1ccccc1. The van der Waals surface area contributed by atoms with Crippen LogP contribution in [0.4, 0.5) is 0 Å². The number of para-hydroxylation sites is 1. The minimum atomic E-state index is -3.91. The molecule has 31 heavy (non-hydrogen) atoms. The number of nitrogens with zero attached hydrogens (tertiary/aromatic N) is 1. The number of hydrogen-bond acceptors (Lipinski definition) is 7. The number of aryl methyl sites for hydroxylation is 1. The third-order valence-electron chi connectivity index (χ3n) is 4.62. The Balaban J connectivity index is 1.70. The summed E-state index contributed by atoms with van der Waals surface area (Å²) in [6, 6.07) is 7.54. The van der Waals surface area contributed by atoms with Crippen LogP contribution in [0, 0.1) is 12.8 Å². The van der Waals surface area contributed by atoms with Crippen LogP contribution in [-0.2, 0) is 18.6 Å². The summed E-state index contributed by atoms with van der Waals surface area (Å²) in [6.07, 6.45) is 3.70. The predicted octanol–water partition coefficient (Wildman–Crippen LogP) is 2.06. The van der Waals surface area contributed by atoms with Crippen molar-refractivity contribution in [2.24, 2.45) is 5.92 Å². The summed E-state index contributed by atoms with van der Waals surface area (Å²) in [5.41, 5.74) is 0.328. The molecule has 1 heterocycles. The van der Waals surface area contributed by atoms with E-state index < -0.39 is 31.0 Å². The first-order valence-corrected chi connectivity index (χ1v) is 11.1. The molecule has 0 spiro atoms. The van der Waals surface area contributed by atoms with Crippen molar-refractivity contribution in [3.8, 4) is 5.75 Å². The van der Waals surface area contributed by atoms with Gasteiger partial charge in [-0.1, -0.05) is 18.2 Å². The Hall–Kier alpha value is -2.94. The Morgan fingerprint density at radius 3 is 2.74 bits per heavy atom. The fraction of sp³-hybridized carbons (Fsp3) is 0.350. The van der Waals surface area contributed by atoms with Gasteiger partial charge in [0.05, 0.1) is 13.7 Å². The lowest BCUT2D eigenvalue weighted by atomic mass is 10.3. The topological polar surface area (TPSA) is 129 Å². The van der Waals surface area contributed by atoms with Crippen LogP contribution in [0.25, 0.3) is 6.20 Å². The lowest BCUT2D eigenvalue weighted by molar-refractivity contribution is -0.142. The van der Waals surface area contributed by atoms with Crippen LogP contribution in [0.3, 0.4) is 0 Å². The van der Waals surface area contributed by atoms with Crippen molar-refractivity contribution in [1.82, 2.24) is 14.6 Å². The average Bonchev–Trinajstić information content (AvgIpc) is 3.48. The number of esters is 1. The van der Waals surface area contributed by atoms with Gasteiger partial charge in [-0.25, -0.2) is 9.36 Å². The minimum Gasteiger partial charge on any atom is -0.468 e.